The number of para-hydroxylation sites is 4. The Balaban J connectivity index is 1.03. The molecule has 0 radical (unpaired) electrons. The molecule has 0 N–H and O–H groups in total. The monoisotopic (exact) mass is 729 g/mol. The minimum atomic E-state index is -0.231. The van der Waals surface area contributed by atoms with Gasteiger partial charge < -0.3 is 8.98 Å². The maximum Gasteiger partial charge on any atom is 0.161 e. The van der Waals surface area contributed by atoms with E-state index < -0.39 is 0 Å². The third-order valence-electron chi connectivity index (χ3n) is 12.2. The molecule has 0 atom stereocenters. The van der Waals surface area contributed by atoms with Gasteiger partial charge in [0.2, 0.25) is 0 Å². The van der Waals surface area contributed by atoms with Crippen molar-refractivity contribution in [3.63, 3.8) is 0 Å². The molecule has 0 saturated heterocycles. The summed E-state index contributed by atoms with van der Waals surface area (Å²) in [7, 11) is 0. The predicted molar refractivity (Wildman–Crippen MR) is 235 cm³/mol. The SMILES string of the molecule is CC1(C)c2cc(-c3ccc4c(c3)c3ccccc3n4-c3ccccc3)ccc2-c2c(-c3nc(-c4cccc5oc6ccccc6c45)c4ccccc4n3)cccc21. The molecular formula is C53H35N3O. The van der Waals surface area contributed by atoms with Crippen molar-refractivity contribution in [3.8, 4) is 50.6 Å². The molecule has 0 fully saturated rings. The van der Waals surface area contributed by atoms with Crippen LogP contribution in [0.5, 0.6) is 0 Å². The Hall–Kier alpha value is -7.30. The van der Waals surface area contributed by atoms with Gasteiger partial charge in [-0.05, 0) is 88.0 Å². The van der Waals surface area contributed by atoms with Crippen molar-refractivity contribution in [2.75, 3.05) is 0 Å². The van der Waals surface area contributed by atoms with Crippen molar-refractivity contribution in [1.29, 1.82) is 0 Å². The number of rotatable bonds is 4. The van der Waals surface area contributed by atoms with Crippen LogP contribution < -0.4 is 0 Å². The molecule has 0 saturated carbocycles. The molecule has 3 heterocycles. The number of hydrogen-bond acceptors (Lipinski definition) is 3. The Kier molecular flexibility index (Phi) is 6.65. The summed E-state index contributed by atoms with van der Waals surface area (Å²) < 4.78 is 8.69. The van der Waals surface area contributed by atoms with E-state index in [1.807, 2.05) is 18.2 Å². The first-order valence-electron chi connectivity index (χ1n) is 19.6. The summed E-state index contributed by atoms with van der Waals surface area (Å²) in [5.74, 6) is 0.721. The van der Waals surface area contributed by atoms with Gasteiger partial charge in [0, 0.05) is 49.2 Å². The van der Waals surface area contributed by atoms with Gasteiger partial charge in [-0.1, -0.05) is 135 Å². The fourth-order valence-electron chi connectivity index (χ4n) is 9.54. The lowest BCUT2D eigenvalue weighted by Gasteiger charge is -2.22. The molecule has 268 valence electrons. The van der Waals surface area contributed by atoms with E-state index in [9.17, 15) is 0 Å². The normalized spacial score (nSPS) is 13.2. The van der Waals surface area contributed by atoms with Crippen molar-refractivity contribution in [1.82, 2.24) is 14.5 Å². The number of fused-ring (bicyclic) bond motifs is 10. The number of furan rings is 1. The van der Waals surface area contributed by atoms with E-state index in [0.717, 1.165) is 55.5 Å². The van der Waals surface area contributed by atoms with Crippen LogP contribution in [0.25, 0.3) is 105 Å². The van der Waals surface area contributed by atoms with Crippen LogP contribution in [0, 0.1) is 0 Å². The first-order chi connectivity index (χ1) is 28.0. The molecule has 1 aliphatic rings. The molecule has 0 amide bonds. The molecule has 0 aliphatic heterocycles. The second-order valence-electron chi connectivity index (χ2n) is 15.7. The molecule has 1 aliphatic carbocycles. The summed E-state index contributed by atoms with van der Waals surface area (Å²) in [6.45, 7) is 4.69. The molecule has 0 spiro atoms. The summed E-state index contributed by atoms with van der Waals surface area (Å²) in [5, 5.41) is 5.67. The van der Waals surface area contributed by atoms with Gasteiger partial charge >= 0.3 is 0 Å². The van der Waals surface area contributed by atoms with Crippen LogP contribution in [0.15, 0.2) is 180 Å². The first-order valence-corrected chi connectivity index (χ1v) is 19.6. The summed E-state index contributed by atoms with van der Waals surface area (Å²) in [4.78, 5) is 10.7. The summed E-state index contributed by atoms with van der Waals surface area (Å²) in [6, 6.07) is 62.8. The zero-order chi connectivity index (χ0) is 37.8. The van der Waals surface area contributed by atoms with Gasteiger partial charge in [-0.3, -0.25) is 0 Å². The highest BCUT2D eigenvalue weighted by Gasteiger charge is 2.37. The summed E-state index contributed by atoms with van der Waals surface area (Å²) >= 11 is 0. The third kappa shape index (κ3) is 4.62. The minimum Gasteiger partial charge on any atom is -0.456 e. The van der Waals surface area contributed by atoms with E-state index in [2.05, 4.69) is 176 Å². The molecular weight excluding hydrogens is 695 g/mol. The second-order valence-corrected chi connectivity index (χ2v) is 15.7. The zero-order valence-corrected chi connectivity index (χ0v) is 31.5. The van der Waals surface area contributed by atoms with E-state index in [1.54, 1.807) is 0 Å². The van der Waals surface area contributed by atoms with Crippen LogP contribution in [0.1, 0.15) is 25.0 Å². The Morgan fingerprint density at radius 2 is 1.16 bits per heavy atom. The lowest BCUT2D eigenvalue weighted by Crippen LogP contribution is -2.15. The van der Waals surface area contributed by atoms with E-state index in [-0.39, 0.29) is 5.41 Å². The number of nitrogens with zero attached hydrogens (tertiary/aromatic N) is 3. The minimum absolute atomic E-state index is 0.231. The molecule has 12 rings (SSSR count). The highest BCUT2D eigenvalue weighted by Crippen LogP contribution is 2.53. The molecule has 4 nitrogen and oxygen atoms in total. The maximum atomic E-state index is 6.32. The fourth-order valence-corrected chi connectivity index (χ4v) is 9.54. The quantitative estimate of drug-likeness (QED) is 0.181. The van der Waals surface area contributed by atoms with Crippen molar-refractivity contribution in [2.45, 2.75) is 19.3 Å². The maximum absolute atomic E-state index is 6.32. The third-order valence-corrected chi connectivity index (χ3v) is 12.2. The van der Waals surface area contributed by atoms with E-state index in [0.29, 0.717) is 0 Å². The predicted octanol–water partition coefficient (Wildman–Crippen LogP) is 13.9. The summed E-state index contributed by atoms with van der Waals surface area (Å²) in [6.07, 6.45) is 0. The second kappa shape index (κ2) is 11.8. The largest absolute Gasteiger partial charge is 0.456 e. The zero-order valence-electron chi connectivity index (χ0n) is 31.5. The molecule has 8 aromatic carbocycles. The molecule has 3 aromatic heterocycles. The number of benzene rings is 8. The number of aromatic nitrogens is 3. The standard InChI is InChI=1S/C53H35N3O/c1-53(2)42-21-12-20-40(52-54-44-22-9-6-17-37(44)51(55-52)39-19-13-25-48-50(39)38-18-8-11-24-47(38)57-48)49(42)36-28-26-33(31-43(36)53)32-27-29-46-41(30-32)35-16-7-10-23-45(35)56(46)34-14-4-3-5-15-34/h3-31H,1-2H3. The van der Waals surface area contributed by atoms with Crippen molar-refractivity contribution in [2.24, 2.45) is 0 Å². The first kappa shape index (κ1) is 32.0. The van der Waals surface area contributed by atoms with Crippen molar-refractivity contribution < 1.29 is 4.42 Å². The lowest BCUT2D eigenvalue weighted by atomic mass is 9.81. The molecule has 4 heteroatoms. The highest BCUT2D eigenvalue weighted by molar-refractivity contribution is 6.15. The topological polar surface area (TPSA) is 43.9 Å². The Labute approximate surface area is 329 Å². The average molecular weight is 730 g/mol. The molecule has 0 unspecified atom stereocenters. The van der Waals surface area contributed by atoms with Gasteiger partial charge in [0.15, 0.2) is 5.82 Å². The molecule has 57 heavy (non-hydrogen) atoms. The van der Waals surface area contributed by atoms with Gasteiger partial charge in [0.25, 0.3) is 0 Å². The van der Waals surface area contributed by atoms with Crippen LogP contribution in [0.2, 0.25) is 0 Å². The van der Waals surface area contributed by atoms with E-state index in [4.69, 9.17) is 14.4 Å². The Morgan fingerprint density at radius 1 is 0.474 bits per heavy atom. The van der Waals surface area contributed by atoms with Crippen LogP contribution in [-0.2, 0) is 5.41 Å². The van der Waals surface area contributed by atoms with Gasteiger partial charge in [-0.15, -0.1) is 0 Å². The van der Waals surface area contributed by atoms with Gasteiger partial charge in [-0.25, -0.2) is 9.97 Å². The Bertz CT molecular complexity index is 3440. The summed E-state index contributed by atoms with van der Waals surface area (Å²) in [5.41, 5.74) is 16.4. The number of hydrogen-bond donors (Lipinski definition) is 0. The highest BCUT2D eigenvalue weighted by atomic mass is 16.3. The smallest absolute Gasteiger partial charge is 0.161 e. The van der Waals surface area contributed by atoms with Crippen LogP contribution in [0.4, 0.5) is 0 Å². The van der Waals surface area contributed by atoms with Crippen LogP contribution in [-0.4, -0.2) is 14.5 Å². The van der Waals surface area contributed by atoms with E-state index in [1.165, 1.54) is 60.9 Å². The lowest BCUT2D eigenvalue weighted by molar-refractivity contribution is 0.660. The van der Waals surface area contributed by atoms with Crippen LogP contribution in [0.3, 0.4) is 0 Å². The molecule has 0 bridgehead atoms. The van der Waals surface area contributed by atoms with Gasteiger partial charge in [0.1, 0.15) is 11.2 Å². The van der Waals surface area contributed by atoms with Gasteiger partial charge in [0.05, 0.1) is 22.2 Å². The van der Waals surface area contributed by atoms with E-state index >= 15 is 0 Å². The van der Waals surface area contributed by atoms with Crippen molar-refractivity contribution >= 4 is 54.6 Å². The Morgan fingerprint density at radius 3 is 2.05 bits per heavy atom. The van der Waals surface area contributed by atoms with Crippen LogP contribution >= 0.6 is 0 Å². The average Bonchev–Trinajstić information content (AvgIpc) is 3.88. The fraction of sp³-hybridized carbons (Fsp3) is 0.0566. The van der Waals surface area contributed by atoms with Gasteiger partial charge in [-0.2, -0.15) is 0 Å². The van der Waals surface area contributed by atoms with Crippen molar-refractivity contribution in [3.05, 3.63) is 187 Å². The molecule has 11 aromatic rings.